The smallest absolute Gasteiger partial charge is 0.384 e. The highest BCUT2D eigenvalue weighted by molar-refractivity contribution is 8.00. The zero-order valence-electron chi connectivity index (χ0n) is 10.9. The van der Waals surface area contributed by atoms with Crippen LogP contribution in [0.5, 0.6) is 0 Å². The molecule has 0 aliphatic heterocycles. The Balaban J connectivity index is 1.96. The molecule has 2 rings (SSSR count). The van der Waals surface area contributed by atoms with Crippen molar-refractivity contribution in [1.29, 1.82) is 0 Å². The molecule has 0 unspecified atom stereocenters. The molecule has 106 valence electrons. The van der Waals surface area contributed by atoms with Crippen molar-refractivity contribution in [2.45, 2.75) is 36.6 Å². The van der Waals surface area contributed by atoms with Crippen molar-refractivity contribution in [1.82, 2.24) is 0 Å². The van der Waals surface area contributed by atoms with Crippen molar-refractivity contribution >= 4 is 17.4 Å². The summed E-state index contributed by atoms with van der Waals surface area (Å²) in [5.41, 5.74) is 0.159. The Hall–Kier alpha value is -0.840. The molecule has 1 aromatic carbocycles. The van der Waals surface area contributed by atoms with Crippen LogP contribution in [0.25, 0.3) is 0 Å². The summed E-state index contributed by atoms with van der Waals surface area (Å²) in [6, 6.07) is 5.27. The number of rotatable bonds is 4. The van der Waals surface area contributed by atoms with Crippen LogP contribution in [-0.2, 0) is 6.18 Å². The number of thioether (sulfide) groups is 1. The number of hydrogen-bond acceptors (Lipinski definition) is 2. The van der Waals surface area contributed by atoms with E-state index in [0.29, 0.717) is 0 Å². The average Bonchev–Trinajstić information content (AvgIpc) is 2.85. The maximum Gasteiger partial charge on any atom is 0.416 e. The zero-order valence-corrected chi connectivity index (χ0v) is 11.7. The summed E-state index contributed by atoms with van der Waals surface area (Å²) in [6.07, 6.45) is 2.71. The van der Waals surface area contributed by atoms with E-state index < -0.39 is 11.7 Å². The first-order chi connectivity index (χ1) is 8.95. The maximum absolute atomic E-state index is 12.4. The van der Waals surface area contributed by atoms with Gasteiger partial charge in [-0.1, -0.05) is 12.8 Å². The molecule has 19 heavy (non-hydrogen) atoms. The molecule has 1 aromatic rings. The van der Waals surface area contributed by atoms with Crippen molar-refractivity contribution in [3.63, 3.8) is 0 Å². The SMILES string of the molecule is CSC1(CNc2ccc(C(F)(F)F)cc2)CCCC1. The Morgan fingerprint density at radius 1 is 1.16 bits per heavy atom. The van der Waals surface area contributed by atoms with E-state index in [4.69, 9.17) is 0 Å². The molecular weight excluding hydrogens is 271 g/mol. The summed E-state index contributed by atoms with van der Waals surface area (Å²) in [5.74, 6) is 0. The molecule has 0 bridgehead atoms. The standard InChI is InChI=1S/C14H18F3NS/c1-19-13(8-2-3-9-13)10-18-12-6-4-11(5-7-12)14(15,16)17/h4-7,18H,2-3,8-10H2,1H3. The molecule has 1 nitrogen and oxygen atoms in total. The molecule has 0 amide bonds. The Morgan fingerprint density at radius 2 is 1.74 bits per heavy atom. The minimum absolute atomic E-state index is 0.253. The van der Waals surface area contributed by atoms with E-state index in [9.17, 15) is 13.2 Å². The lowest BCUT2D eigenvalue weighted by molar-refractivity contribution is -0.137. The van der Waals surface area contributed by atoms with Gasteiger partial charge in [0.15, 0.2) is 0 Å². The summed E-state index contributed by atoms with van der Waals surface area (Å²) >= 11 is 1.86. The Kier molecular flexibility index (Phi) is 4.33. The summed E-state index contributed by atoms with van der Waals surface area (Å²) in [5, 5.41) is 3.27. The van der Waals surface area contributed by atoms with Crippen LogP contribution in [0.1, 0.15) is 31.2 Å². The largest absolute Gasteiger partial charge is 0.416 e. The van der Waals surface area contributed by atoms with Crippen LogP contribution in [0.2, 0.25) is 0 Å². The van der Waals surface area contributed by atoms with Gasteiger partial charge < -0.3 is 5.32 Å². The van der Waals surface area contributed by atoms with Gasteiger partial charge in [0.25, 0.3) is 0 Å². The Labute approximate surface area is 116 Å². The first kappa shape index (κ1) is 14.6. The van der Waals surface area contributed by atoms with Crippen molar-refractivity contribution in [2.24, 2.45) is 0 Å². The molecule has 0 spiro atoms. The number of nitrogens with one attached hydrogen (secondary N) is 1. The number of halogens is 3. The van der Waals surface area contributed by atoms with Gasteiger partial charge in [-0.05, 0) is 43.4 Å². The van der Waals surface area contributed by atoms with E-state index in [1.807, 2.05) is 11.8 Å². The molecule has 0 aromatic heterocycles. The topological polar surface area (TPSA) is 12.0 Å². The van der Waals surface area contributed by atoms with Crippen molar-refractivity contribution in [3.05, 3.63) is 29.8 Å². The highest BCUT2D eigenvalue weighted by atomic mass is 32.2. The lowest BCUT2D eigenvalue weighted by Crippen LogP contribution is -2.29. The summed E-state index contributed by atoms with van der Waals surface area (Å²) in [4.78, 5) is 0. The van der Waals surface area contributed by atoms with Crippen LogP contribution < -0.4 is 5.32 Å². The van der Waals surface area contributed by atoms with Crippen LogP contribution in [0.4, 0.5) is 18.9 Å². The Bertz CT molecular complexity index is 408. The summed E-state index contributed by atoms with van der Waals surface area (Å²) in [6.45, 7) is 0.819. The monoisotopic (exact) mass is 289 g/mol. The normalized spacial score (nSPS) is 18.5. The minimum Gasteiger partial charge on any atom is -0.384 e. The van der Waals surface area contributed by atoms with E-state index >= 15 is 0 Å². The Morgan fingerprint density at radius 3 is 2.21 bits per heavy atom. The van der Waals surface area contributed by atoms with Crippen LogP contribution in [0, 0.1) is 0 Å². The molecule has 0 radical (unpaired) electrons. The number of anilines is 1. The minimum atomic E-state index is -4.26. The van der Waals surface area contributed by atoms with Crippen LogP contribution in [-0.4, -0.2) is 17.5 Å². The van der Waals surface area contributed by atoms with Gasteiger partial charge in [-0.25, -0.2) is 0 Å². The van der Waals surface area contributed by atoms with Crippen molar-refractivity contribution in [3.8, 4) is 0 Å². The van der Waals surface area contributed by atoms with Gasteiger partial charge in [0.1, 0.15) is 0 Å². The van der Waals surface area contributed by atoms with Gasteiger partial charge in [-0.15, -0.1) is 0 Å². The highest BCUT2D eigenvalue weighted by Gasteiger charge is 2.33. The molecule has 1 aliphatic carbocycles. The molecule has 1 saturated carbocycles. The third-order valence-corrected chi connectivity index (χ3v) is 5.19. The predicted molar refractivity (Wildman–Crippen MR) is 74.6 cm³/mol. The maximum atomic E-state index is 12.4. The molecule has 0 saturated heterocycles. The number of benzene rings is 1. The van der Waals surface area contributed by atoms with E-state index in [-0.39, 0.29) is 4.75 Å². The average molecular weight is 289 g/mol. The van der Waals surface area contributed by atoms with Gasteiger partial charge in [0, 0.05) is 17.0 Å². The van der Waals surface area contributed by atoms with Gasteiger partial charge in [0.05, 0.1) is 5.56 Å². The number of alkyl halides is 3. The fraction of sp³-hybridized carbons (Fsp3) is 0.571. The third-order valence-electron chi connectivity index (χ3n) is 3.77. The lowest BCUT2D eigenvalue weighted by Gasteiger charge is -2.27. The molecule has 1 fully saturated rings. The highest BCUT2D eigenvalue weighted by Crippen LogP contribution is 2.40. The van der Waals surface area contributed by atoms with E-state index in [0.717, 1.165) is 24.4 Å². The van der Waals surface area contributed by atoms with Gasteiger partial charge >= 0.3 is 6.18 Å². The first-order valence-corrected chi connectivity index (χ1v) is 7.64. The summed E-state index contributed by atoms with van der Waals surface area (Å²) in [7, 11) is 0. The number of hydrogen-bond donors (Lipinski definition) is 1. The molecule has 0 heterocycles. The fourth-order valence-corrected chi connectivity index (χ4v) is 3.43. The van der Waals surface area contributed by atoms with Crippen molar-refractivity contribution in [2.75, 3.05) is 18.1 Å². The van der Waals surface area contributed by atoms with E-state index in [1.54, 1.807) is 0 Å². The summed E-state index contributed by atoms with van der Waals surface area (Å²) < 4.78 is 37.6. The van der Waals surface area contributed by atoms with Crippen LogP contribution in [0.3, 0.4) is 0 Å². The van der Waals surface area contributed by atoms with E-state index in [2.05, 4.69) is 11.6 Å². The van der Waals surface area contributed by atoms with Crippen LogP contribution >= 0.6 is 11.8 Å². The third kappa shape index (κ3) is 3.59. The van der Waals surface area contributed by atoms with Gasteiger partial charge in [-0.3, -0.25) is 0 Å². The molecule has 0 atom stereocenters. The van der Waals surface area contributed by atoms with E-state index in [1.165, 1.54) is 37.8 Å². The van der Waals surface area contributed by atoms with Crippen molar-refractivity contribution < 1.29 is 13.2 Å². The second kappa shape index (κ2) is 5.65. The van der Waals surface area contributed by atoms with Crippen LogP contribution in [0.15, 0.2) is 24.3 Å². The lowest BCUT2D eigenvalue weighted by atomic mass is 10.1. The quantitative estimate of drug-likeness (QED) is 0.855. The first-order valence-electron chi connectivity index (χ1n) is 6.41. The molecule has 1 aliphatic rings. The zero-order chi connectivity index (χ0) is 13.9. The molecule has 5 heteroatoms. The second-order valence-corrected chi connectivity index (χ2v) is 6.30. The second-order valence-electron chi connectivity index (χ2n) is 5.02. The molecular formula is C14H18F3NS. The van der Waals surface area contributed by atoms with Gasteiger partial charge in [0.2, 0.25) is 0 Å². The molecule has 1 N–H and O–H groups in total. The predicted octanol–water partition coefficient (Wildman–Crippen LogP) is 4.79. The fourth-order valence-electron chi connectivity index (χ4n) is 2.51. The van der Waals surface area contributed by atoms with Gasteiger partial charge in [-0.2, -0.15) is 24.9 Å².